The van der Waals surface area contributed by atoms with E-state index >= 15 is 0 Å². The van der Waals surface area contributed by atoms with E-state index < -0.39 is 0 Å². The molecule has 6 rings (SSSR count). The van der Waals surface area contributed by atoms with E-state index in [1.165, 1.54) is 22.1 Å². The quantitative estimate of drug-likeness (QED) is 0.216. The number of methoxy groups -OCH3 is 1. The molecular formula is C33H36N4O2. The van der Waals surface area contributed by atoms with Crippen LogP contribution in [0.2, 0.25) is 0 Å². The van der Waals surface area contributed by atoms with E-state index in [0.29, 0.717) is 12.6 Å². The number of nitrogens with zero attached hydrogens (tertiary/aromatic N) is 3. The summed E-state index contributed by atoms with van der Waals surface area (Å²) in [5.74, 6) is 0.896. The van der Waals surface area contributed by atoms with E-state index in [4.69, 9.17) is 9.47 Å². The summed E-state index contributed by atoms with van der Waals surface area (Å²) in [5, 5.41) is 1.18. The van der Waals surface area contributed by atoms with Gasteiger partial charge in [0, 0.05) is 43.1 Å². The third-order valence-corrected chi connectivity index (χ3v) is 7.85. The summed E-state index contributed by atoms with van der Waals surface area (Å²) in [6, 6.07) is 26.0. The molecule has 1 saturated carbocycles. The highest BCUT2D eigenvalue weighted by molar-refractivity contribution is 5.94. The Balaban J connectivity index is 1.35. The van der Waals surface area contributed by atoms with Crippen molar-refractivity contribution in [1.82, 2.24) is 14.5 Å². The average molecular weight is 521 g/mol. The van der Waals surface area contributed by atoms with Crippen LogP contribution in [0.3, 0.4) is 0 Å². The number of nitrogens with one attached hydrogen (secondary N) is 1. The van der Waals surface area contributed by atoms with E-state index in [2.05, 4.69) is 92.2 Å². The van der Waals surface area contributed by atoms with Crippen molar-refractivity contribution in [3.8, 4) is 5.75 Å². The third kappa shape index (κ3) is 5.71. The van der Waals surface area contributed by atoms with Gasteiger partial charge in [-0.3, -0.25) is 0 Å². The average Bonchev–Trinajstić information content (AvgIpc) is 3.69. The molecule has 1 aliphatic rings. The van der Waals surface area contributed by atoms with Crippen LogP contribution in [0.5, 0.6) is 5.75 Å². The number of anilines is 1. The van der Waals surface area contributed by atoms with Gasteiger partial charge in [0.1, 0.15) is 0 Å². The Labute approximate surface area is 230 Å². The molecule has 0 spiro atoms. The van der Waals surface area contributed by atoms with Crippen LogP contribution in [0.4, 0.5) is 5.69 Å². The number of rotatable bonds is 10. The molecule has 2 aromatic heterocycles. The van der Waals surface area contributed by atoms with Gasteiger partial charge in [0.25, 0.3) is 0 Å². The van der Waals surface area contributed by atoms with Crippen LogP contribution in [0.1, 0.15) is 42.4 Å². The number of aromatic nitrogens is 3. The first-order valence-corrected chi connectivity index (χ1v) is 13.9. The van der Waals surface area contributed by atoms with E-state index in [9.17, 15) is 0 Å². The second kappa shape index (κ2) is 11.8. The minimum atomic E-state index is 0.230. The molecule has 0 saturated heterocycles. The van der Waals surface area contributed by atoms with Crippen molar-refractivity contribution in [1.29, 1.82) is 0 Å². The molecule has 2 atom stereocenters. The fourth-order valence-corrected chi connectivity index (χ4v) is 5.92. The van der Waals surface area contributed by atoms with E-state index in [-0.39, 0.29) is 6.10 Å². The van der Waals surface area contributed by atoms with Gasteiger partial charge in [-0.15, -0.1) is 0 Å². The van der Waals surface area contributed by atoms with Crippen LogP contribution in [0, 0.1) is 0 Å². The molecule has 6 heteroatoms. The zero-order chi connectivity index (χ0) is 26.4. The minimum Gasteiger partial charge on any atom is -0.492 e. The second-order valence-corrected chi connectivity index (χ2v) is 10.4. The first kappa shape index (κ1) is 25.3. The summed E-state index contributed by atoms with van der Waals surface area (Å²) in [6.07, 6.45) is 12.3. The van der Waals surface area contributed by atoms with Gasteiger partial charge in [0.15, 0.2) is 5.75 Å². The number of H-pyrrole nitrogens is 1. The summed E-state index contributed by atoms with van der Waals surface area (Å²) in [6.45, 7) is 2.21. The maximum atomic E-state index is 6.47. The van der Waals surface area contributed by atoms with Gasteiger partial charge in [-0.1, -0.05) is 60.7 Å². The highest BCUT2D eigenvalue weighted by Gasteiger charge is 2.30. The Bertz CT molecular complexity index is 1460. The van der Waals surface area contributed by atoms with Gasteiger partial charge in [-0.25, -0.2) is 4.98 Å². The molecule has 0 aliphatic heterocycles. The Morgan fingerprint density at radius 1 is 1.00 bits per heavy atom. The van der Waals surface area contributed by atoms with Crippen molar-refractivity contribution in [2.45, 2.75) is 57.5 Å². The van der Waals surface area contributed by atoms with E-state index in [0.717, 1.165) is 55.7 Å². The second-order valence-electron chi connectivity index (χ2n) is 10.4. The highest BCUT2D eigenvalue weighted by atomic mass is 16.5. The predicted molar refractivity (Wildman–Crippen MR) is 156 cm³/mol. The molecule has 0 amide bonds. The molecule has 0 bridgehead atoms. The number of benzene rings is 3. The van der Waals surface area contributed by atoms with Crippen molar-refractivity contribution < 1.29 is 9.47 Å². The highest BCUT2D eigenvalue weighted by Crippen LogP contribution is 2.41. The molecule has 3 aromatic carbocycles. The van der Waals surface area contributed by atoms with Crippen LogP contribution in [0.25, 0.3) is 10.9 Å². The van der Waals surface area contributed by atoms with Crippen LogP contribution < -0.4 is 9.64 Å². The van der Waals surface area contributed by atoms with Gasteiger partial charge >= 0.3 is 0 Å². The van der Waals surface area contributed by atoms with Gasteiger partial charge in [0.2, 0.25) is 0 Å². The Morgan fingerprint density at radius 3 is 2.54 bits per heavy atom. The lowest BCUT2D eigenvalue weighted by Crippen LogP contribution is -2.41. The molecule has 6 nitrogen and oxygen atoms in total. The molecule has 0 radical (unpaired) electrons. The zero-order valence-corrected chi connectivity index (χ0v) is 22.5. The van der Waals surface area contributed by atoms with Crippen molar-refractivity contribution in [3.05, 3.63) is 114 Å². The van der Waals surface area contributed by atoms with Gasteiger partial charge in [0.05, 0.1) is 37.4 Å². The fraction of sp³-hybridized carbons (Fsp3) is 0.303. The summed E-state index contributed by atoms with van der Waals surface area (Å²) >= 11 is 0. The molecule has 200 valence electrons. The maximum absolute atomic E-state index is 6.47. The molecule has 1 fully saturated rings. The van der Waals surface area contributed by atoms with Gasteiger partial charge in [-0.05, 0) is 54.5 Å². The van der Waals surface area contributed by atoms with Crippen molar-refractivity contribution in [2.24, 2.45) is 0 Å². The smallest absolute Gasteiger partial charge is 0.166 e. The number of imidazole rings is 1. The Hall–Kier alpha value is -4.03. The standard InChI is InChI=1S/C33H36N4O2/c1-38-33-31(19-27(22-36-18-17-34-24-36)30-15-16-35-32(30)33)37(21-25-9-4-2-5-10-25)28-13-8-14-29(20-28)39-23-26-11-6-3-7-12-26/h2-7,9-12,15-19,24,28-29,35H,8,13-14,20-23H2,1H3. The summed E-state index contributed by atoms with van der Waals surface area (Å²) in [4.78, 5) is 10.3. The van der Waals surface area contributed by atoms with Crippen LogP contribution in [-0.2, 0) is 24.4 Å². The third-order valence-electron chi connectivity index (χ3n) is 7.85. The Kier molecular flexibility index (Phi) is 7.63. The summed E-state index contributed by atoms with van der Waals surface area (Å²) in [5.41, 5.74) is 5.92. The maximum Gasteiger partial charge on any atom is 0.166 e. The monoisotopic (exact) mass is 520 g/mol. The fourth-order valence-electron chi connectivity index (χ4n) is 5.92. The molecule has 39 heavy (non-hydrogen) atoms. The lowest BCUT2D eigenvalue weighted by molar-refractivity contribution is 0.0112. The largest absolute Gasteiger partial charge is 0.492 e. The predicted octanol–water partition coefficient (Wildman–Crippen LogP) is 6.96. The molecule has 2 unspecified atom stereocenters. The topological polar surface area (TPSA) is 55.3 Å². The van der Waals surface area contributed by atoms with Crippen LogP contribution in [-0.4, -0.2) is 33.8 Å². The van der Waals surface area contributed by atoms with E-state index in [1.54, 1.807) is 7.11 Å². The summed E-state index contributed by atoms with van der Waals surface area (Å²) in [7, 11) is 1.78. The van der Waals surface area contributed by atoms with Crippen molar-refractivity contribution >= 4 is 16.6 Å². The summed E-state index contributed by atoms with van der Waals surface area (Å²) < 4.78 is 14.7. The van der Waals surface area contributed by atoms with Crippen molar-refractivity contribution in [2.75, 3.05) is 12.0 Å². The number of aromatic amines is 1. The molecular weight excluding hydrogens is 484 g/mol. The number of ether oxygens (including phenoxy) is 2. The zero-order valence-electron chi connectivity index (χ0n) is 22.5. The normalized spacial score (nSPS) is 17.4. The van der Waals surface area contributed by atoms with Crippen molar-refractivity contribution in [3.63, 3.8) is 0 Å². The lowest BCUT2D eigenvalue weighted by atomic mass is 9.90. The number of hydrogen-bond acceptors (Lipinski definition) is 4. The molecule has 1 aliphatic carbocycles. The minimum absolute atomic E-state index is 0.230. The molecule has 2 heterocycles. The van der Waals surface area contributed by atoms with Crippen LogP contribution in [0.15, 0.2) is 97.7 Å². The van der Waals surface area contributed by atoms with E-state index in [1.807, 2.05) is 24.9 Å². The Morgan fingerprint density at radius 2 is 1.79 bits per heavy atom. The SMILES string of the molecule is COc1c(N(Cc2ccccc2)C2CCCC(OCc3ccccc3)C2)cc(Cn2ccnc2)c2cc[nH]c12. The number of hydrogen-bond donors (Lipinski definition) is 1. The van der Waals surface area contributed by atoms with Gasteiger partial charge < -0.3 is 23.9 Å². The van der Waals surface area contributed by atoms with Gasteiger partial charge in [-0.2, -0.15) is 0 Å². The first-order valence-electron chi connectivity index (χ1n) is 13.9. The molecule has 1 N–H and O–H groups in total. The van der Waals surface area contributed by atoms with Crippen LogP contribution >= 0.6 is 0 Å². The lowest BCUT2D eigenvalue weighted by Gasteiger charge is -2.40. The number of fused-ring (bicyclic) bond motifs is 1. The molecule has 5 aromatic rings. The first-order chi connectivity index (χ1) is 19.3.